The van der Waals surface area contributed by atoms with Crippen molar-refractivity contribution in [3.05, 3.63) is 36.0 Å². The zero-order valence-corrected chi connectivity index (χ0v) is 15.4. The van der Waals surface area contributed by atoms with E-state index in [9.17, 15) is 0 Å². The first-order chi connectivity index (χ1) is 13.2. The van der Waals surface area contributed by atoms with E-state index in [-0.39, 0.29) is 5.95 Å². The number of nitrogen functional groups attached to an aromatic ring is 2. The molecule has 0 bridgehead atoms. The van der Waals surface area contributed by atoms with Gasteiger partial charge in [-0.1, -0.05) is 12.1 Å². The lowest BCUT2D eigenvalue weighted by Gasteiger charge is -2.37. The molecule has 0 spiro atoms. The summed E-state index contributed by atoms with van der Waals surface area (Å²) in [5, 5.41) is 0. The maximum atomic E-state index is 6.02. The molecular weight excluding hydrogens is 340 g/mol. The van der Waals surface area contributed by atoms with Crippen molar-refractivity contribution in [1.82, 2.24) is 9.97 Å². The van der Waals surface area contributed by atoms with E-state index in [2.05, 4.69) is 44.0 Å². The molecule has 3 atom stereocenters. The molecule has 7 nitrogen and oxygen atoms in total. The van der Waals surface area contributed by atoms with Gasteiger partial charge in [0, 0.05) is 38.5 Å². The molecule has 3 aliphatic rings. The van der Waals surface area contributed by atoms with Crippen molar-refractivity contribution in [2.24, 2.45) is 11.8 Å². The maximum absolute atomic E-state index is 6.02. The Bertz CT molecular complexity index is 823. The Morgan fingerprint density at radius 3 is 2.59 bits per heavy atom. The third kappa shape index (κ3) is 3.06. The van der Waals surface area contributed by atoms with Crippen LogP contribution in [-0.4, -0.2) is 49.4 Å². The van der Waals surface area contributed by atoms with E-state index in [4.69, 9.17) is 16.2 Å². The van der Waals surface area contributed by atoms with Gasteiger partial charge in [-0.25, -0.2) is 4.98 Å². The lowest BCUT2D eigenvalue weighted by molar-refractivity contribution is 0.0887. The molecule has 1 aliphatic carbocycles. The first-order valence-corrected chi connectivity index (χ1v) is 9.76. The number of piperazine rings is 1. The van der Waals surface area contributed by atoms with E-state index in [0.29, 0.717) is 11.7 Å². The van der Waals surface area contributed by atoms with Gasteiger partial charge in [0.15, 0.2) is 5.82 Å². The summed E-state index contributed by atoms with van der Waals surface area (Å²) in [4.78, 5) is 12.9. The Kier molecular flexibility index (Phi) is 4.04. The summed E-state index contributed by atoms with van der Waals surface area (Å²) >= 11 is 0. The molecule has 0 amide bonds. The van der Waals surface area contributed by atoms with Crippen LogP contribution in [0.2, 0.25) is 0 Å². The number of hydrogen-bond acceptors (Lipinski definition) is 7. The summed E-state index contributed by atoms with van der Waals surface area (Å²) in [6.45, 7) is 5.55. The molecule has 5 rings (SSSR count). The lowest BCUT2D eigenvalue weighted by atomic mass is 10.1. The van der Waals surface area contributed by atoms with E-state index >= 15 is 0 Å². The summed E-state index contributed by atoms with van der Waals surface area (Å²) in [5.41, 5.74) is 15.3. The second-order valence-corrected chi connectivity index (χ2v) is 7.78. The van der Waals surface area contributed by atoms with E-state index in [1.807, 2.05) is 0 Å². The molecule has 2 saturated heterocycles. The first kappa shape index (κ1) is 16.6. The van der Waals surface area contributed by atoms with Gasteiger partial charge in [-0.2, -0.15) is 4.98 Å². The van der Waals surface area contributed by atoms with Crippen molar-refractivity contribution in [2.75, 3.05) is 60.7 Å². The van der Waals surface area contributed by atoms with Crippen molar-refractivity contribution >= 4 is 23.1 Å². The van der Waals surface area contributed by atoms with Gasteiger partial charge in [0.1, 0.15) is 0 Å². The molecule has 2 unspecified atom stereocenters. The maximum Gasteiger partial charge on any atom is 0.222 e. The van der Waals surface area contributed by atoms with Gasteiger partial charge in [-0.3, -0.25) is 0 Å². The summed E-state index contributed by atoms with van der Waals surface area (Å²) in [6.07, 6.45) is 2.94. The molecule has 7 heteroatoms. The molecule has 0 radical (unpaired) electrons. The second-order valence-electron chi connectivity index (χ2n) is 7.78. The van der Waals surface area contributed by atoms with Crippen LogP contribution in [0.25, 0.3) is 0 Å². The van der Waals surface area contributed by atoms with E-state index < -0.39 is 0 Å². The highest BCUT2D eigenvalue weighted by Crippen LogP contribution is 2.57. The van der Waals surface area contributed by atoms with Crippen LogP contribution in [0.1, 0.15) is 17.9 Å². The molecule has 4 N–H and O–H groups in total. The fourth-order valence-corrected chi connectivity index (χ4v) is 4.78. The predicted molar refractivity (Wildman–Crippen MR) is 107 cm³/mol. The Balaban J connectivity index is 1.27. The third-order valence-corrected chi connectivity index (χ3v) is 6.29. The number of ether oxygens (including phenoxy) is 1. The number of nitrogens with two attached hydrogens (primary N) is 2. The zero-order chi connectivity index (χ0) is 18.4. The highest BCUT2D eigenvalue weighted by Gasteiger charge is 2.52. The van der Waals surface area contributed by atoms with Crippen LogP contribution in [0.5, 0.6) is 0 Å². The minimum absolute atomic E-state index is 0.220. The number of nitrogens with zero attached hydrogens (tertiary/aromatic N) is 4. The van der Waals surface area contributed by atoms with Gasteiger partial charge in [-0.05, 0) is 41.9 Å². The smallest absolute Gasteiger partial charge is 0.222 e. The van der Waals surface area contributed by atoms with E-state index in [1.54, 1.807) is 6.20 Å². The molecule has 1 aromatic carbocycles. The Morgan fingerprint density at radius 1 is 1.04 bits per heavy atom. The minimum Gasteiger partial charge on any atom is -0.382 e. The topological polar surface area (TPSA) is 93.5 Å². The van der Waals surface area contributed by atoms with Crippen LogP contribution < -0.4 is 21.3 Å². The molecule has 2 aromatic rings. The Morgan fingerprint density at radius 2 is 1.85 bits per heavy atom. The number of hydrogen-bond donors (Lipinski definition) is 2. The van der Waals surface area contributed by atoms with Gasteiger partial charge >= 0.3 is 0 Å². The number of anilines is 4. The van der Waals surface area contributed by atoms with Crippen LogP contribution in [0.4, 0.5) is 23.1 Å². The summed E-state index contributed by atoms with van der Waals surface area (Å²) in [6, 6.07) is 9.10. The highest BCUT2D eigenvalue weighted by atomic mass is 16.5. The summed E-state index contributed by atoms with van der Waals surface area (Å²) in [7, 11) is 0. The average Bonchev–Trinajstić information content (AvgIpc) is 3.43. The fraction of sp³-hybridized carbons (Fsp3) is 0.500. The third-order valence-electron chi connectivity index (χ3n) is 6.29. The van der Waals surface area contributed by atoms with Crippen molar-refractivity contribution in [3.8, 4) is 0 Å². The van der Waals surface area contributed by atoms with E-state index in [0.717, 1.165) is 56.9 Å². The van der Waals surface area contributed by atoms with Gasteiger partial charge in [0.2, 0.25) is 5.95 Å². The minimum atomic E-state index is 0.220. The quantitative estimate of drug-likeness (QED) is 0.854. The molecule has 3 fully saturated rings. The van der Waals surface area contributed by atoms with Crippen LogP contribution in [-0.2, 0) is 4.74 Å². The van der Waals surface area contributed by atoms with Crippen LogP contribution in [0.15, 0.2) is 30.5 Å². The SMILES string of the molecule is Nc1ncc(N2CCN(c3cccc(C4C5CCOC[C@H]54)c3)CC2)c(N)n1. The van der Waals surface area contributed by atoms with Crippen molar-refractivity contribution < 1.29 is 4.74 Å². The molecule has 142 valence electrons. The average molecular weight is 366 g/mol. The van der Waals surface area contributed by atoms with Gasteiger partial charge < -0.3 is 26.0 Å². The predicted octanol–water partition coefficient (Wildman–Crippen LogP) is 1.72. The van der Waals surface area contributed by atoms with Gasteiger partial charge in [0.05, 0.1) is 18.5 Å². The first-order valence-electron chi connectivity index (χ1n) is 9.76. The largest absolute Gasteiger partial charge is 0.382 e. The Labute approximate surface area is 159 Å². The monoisotopic (exact) mass is 366 g/mol. The van der Waals surface area contributed by atoms with Crippen molar-refractivity contribution in [1.29, 1.82) is 0 Å². The lowest BCUT2D eigenvalue weighted by Crippen LogP contribution is -2.46. The second kappa shape index (κ2) is 6.56. The number of rotatable bonds is 3. The normalized spacial score (nSPS) is 27.3. The molecule has 1 saturated carbocycles. The summed E-state index contributed by atoms with van der Waals surface area (Å²) in [5.74, 6) is 2.94. The number of benzene rings is 1. The molecule has 3 heterocycles. The van der Waals surface area contributed by atoms with Crippen molar-refractivity contribution in [3.63, 3.8) is 0 Å². The molecule has 2 aliphatic heterocycles. The van der Waals surface area contributed by atoms with Gasteiger partial charge in [-0.15, -0.1) is 0 Å². The zero-order valence-electron chi connectivity index (χ0n) is 15.4. The molecule has 1 aromatic heterocycles. The number of fused-ring (bicyclic) bond motifs is 1. The molecular formula is C20H26N6O. The van der Waals surface area contributed by atoms with E-state index in [1.165, 1.54) is 17.7 Å². The fourth-order valence-electron chi connectivity index (χ4n) is 4.78. The number of aromatic nitrogens is 2. The molecule has 27 heavy (non-hydrogen) atoms. The van der Waals surface area contributed by atoms with Gasteiger partial charge in [0.25, 0.3) is 0 Å². The summed E-state index contributed by atoms with van der Waals surface area (Å²) < 4.78 is 5.65. The van der Waals surface area contributed by atoms with Crippen LogP contribution >= 0.6 is 0 Å². The van der Waals surface area contributed by atoms with Crippen molar-refractivity contribution in [2.45, 2.75) is 12.3 Å². The van der Waals surface area contributed by atoms with Crippen LogP contribution in [0, 0.1) is 11.8 Å². The van der Waals surface area contributed by atoms with Crippen LogP contribution in [0.3, 0.4) is 0 Å². The highest BCUT2D eigenvalue weighted by molar-refractivity contribution is 5.64. The standard InChI is InChI=1S/C20H26N6O/c21-19-17(11-23-20(22)24-19)26-7-5-25(6-8-26)14-3-1-2-13(10-14)18-15-4-9-27-12-16(15)18/h1-3,10-11,15-16,18H,4-9,12H2,(H4,21,22,23,24)/t15?,16-,18?/m1/s1. The Hall–Kier alpha value is -2.54.